The molecule has 1 N–H and O–H groups in total. The number of anilines is 1. The Hall–Kier alpha value is -2.89. The van der Waals surface area contributed by atoms with Gasteiger partial charge in [0.15, 0.2) is 5.65 Å². The summed E-state index contributed by atoms with van der Waals surface area (Å²) in [4.78, 5) is 12.3. The summed E-state index contributed by atoms with van der Waals surface area (Å²) in [5, 5.41) is 8.00. The van der Waals surface area contributed by atoms with Crippen molar-refractivity contribution < 1.29 is 0 Å². The van der Waals surface area contributed by atoms with Gasteiger partial charge in [0, 0.05) is 36.4 Å². The number of pyridine rings is 1. The van der Waals surface area contributed by atoms with E-state index in [0.717, 1.165) is 48.5 Å². The Labute approximate surface area is 165 Å². The summed E-state index contributed by atoms with van der Waals surface area (Å²) in [6, 6.07) is 5.02. The van der Waals surface area contributed by atoms with Gasteiger partial charge in [-0.3, -0.25) is 4.98 Å². The molecule has 0 saturated carbocycles. The van der Waals surface area contributed by atoms with E-state index in [0.29, 0.717) is 12.1 Å². The second-order valence-electron chi connectivity index (χ2n) is 8.07. The second kappa shape index (κ2) is 6.62. The first-order valence-corrected chi connectivity index (χ1v) is 10.1. The number of hydrogen-bond donors (Lipinski definition) is 1. The predicted molar refractivity (Wildman–Crippen MR) is 111 cm³/mol. The Morgan fingerprint density at radius 1 is 1.25 bits per heavy atom. The molecule has 1 saturated heterocycles. The molecule has 0 spiro atoms. The Bertz CT molecular complexity index is 1050. The first-order chi connectivity index (χ1) is 13.6. The van der Waals surface area contributed by atoms with Gasteiger partial charge in [-0.15, -0.1) is 0 Å². The van der Waals surface area contributed by atoms with Gasteiger partial charge in [-0.05, 0) is 56.7 Å². The summed E-state index contributed by atoms with van der Waals surface area (Å²) < 4.78 is 1.83. The van der Waals surface area contributed by atoms with Crippen molar-refractivity contribution >= 4 is 17.2 Å². The lowest BCUT2D eigenvalue weighted by Gasteiger charge is -2.28. The third kappa shape index (κ3) is 2.84. The number of rotatable bonds is 0. The number of nitrogens with zero attached hydrogens (tertiary/aromatic N) is 5. The summed E-state index contributed by atoms with van der Waals surface area (Å²) >= 11 is 0. The molecule has 2 aliphatic rings. The lowest BCUT2D eigenvalue weighted by atomic mass is 9.97. The van der Waals surface area contributed by atoms with Crippen LogP contribution in [0.25, 0.3) is 11.3 Å². The molecule has 2 atom stereocenters. The van der Waals surface area contributed by atoms with Crippen molar-refractivity contribution in [1.29, 1.82) is 0 Å². The molecule has 0 amide bonds. The van der Waals surface area contributed by atoms with Crippen molar-refractivity contribution in [1.82, 2.24) is 24.9 Å². The summed E-state index contributed by atoms with van der Waals surface area (Å²) in [6.45, 7) is 9.60. The molecule has 0 aliphatic carbocycles. The molecule has 28 heavy (non-hydrogen) atoms. The molecule has 2 aliphatic heterocycles. The topological polar surface area (TPSA) is 58.4 Å². The number of aromatic nitrogens is 4. The van der Waals surface area contributed by atoms with E-state index in [4.69, 9.17) is 9.97 Å². The highest BCUT2D eigenvalue weighted by molar-refractivity contribution is 5.74. The Kier molecular flexibility index (Phi) is 4.07. The van der Waals surface area contributed by atoms with Crippen LogP contribution in [-0.2, 0) is 6.42 Å². The van der Waals surface area contributed by atoms with Gasteiger partial charge in [0.1, 0.15) is 5.82 Å². The van der Waals surface area contributed by atoms with Crippen molar-refractivity contribution in [2.75, 3.05) is 11.4 Å². The highest BCUT2D eigenvalue weighted by atomic mass is 15.3. The minimum atomic E-state index is 0.294. The van der Waals surface area contributed by atoms with Gasteiger partial charge in [0.2, 0.25) is 0 Å². The van der Waals surface area contributed by atoms with Crippen molar-refractivity contribution in [2.24, 2.45) is 0 Å². The van der Waals surface area contributed by atoms with Gasteiger partial charge in [0.05, 0.1) is 17.8 Å². The number of aryl methyl sites for hydroxylation is 2. The molecule has 2 bridgehead atoms. The van der Waals surface area contributed by atoms with Crippen molar-refractivity contribution in [2.45, 2.75) is 51.6 Å². The Morgan fingerprint density at radius 3 is 3.04 bits per heavy atom. The number of fused-ring (bicyclic) bond motifs is 5. The van der Waals surface area contributed by atoms with E-state index in [2.05, 4.69) is 47.9 Å². The molecule has 144 valence electrons. The lowest BCUT2D eigenvalue weighted by Crippen LogP contribution is -2.26. The first-order valence-electron chi connectivity index (χ1n) is 10.1. The van der Waals surface area contributed by atoms with Crippen molar-refractivity contribution in [3.8, 4) is 0 Å². The van der Waals surface area contributed by atoms with Crippen LogP contribution < -0.4 is 10.2 Å². The third-order valence-electron chi connectivity index (χ3n) is 5.96. The third-order valence-corrected chi connectivity index (χ3v) is 5.96. The fraction of sp³-hybridized carbons (Fsp3) is 0.409. The summed E-state index contributed by atoms with van der Waals surface area (Å²) in [5.74, 6) is 1.00. The minimum Gasteiger partial charge on any atom is -0.382 e. The highest BCUT2D eigenvalue weighted by Crippen LogP contribution is 2.37. The Balaban J connectivity index is 1.69. The van der Waals surface area contributed by atoms with E-state index in [1.165, 1.54) is 23.2 Å². The van der Waals surface area contributed by atoms with Crippen LogP contribution in [0.2, 0.25) is 0 Å². The van der Waals surface area contributed by atoms with Crippen LogP contribution in [-0.4, -0.2) is 32.2 Å². The van der Waals surface area contributed by atoms with Crippen LogP contribution in [0.1, 0.15) is 54.6 Å². The molecule has 3 aromatic heterocycles. The monoisotopic (exact) mass is 374 g/mol. The summed E-state index contributed by atoms with van der Waals surface area (Å²) in [7, 11) is 0. The van der Waals surface area contributed by atoms with Crippen LogP contribution >= 0.6 is 0 Å². The smallest absolute Gasteiger partial charge is 0.166 e. The number of hydrogen-bond acceptors (Lipinski definition) is 5. The van der Waals surface area contributed by atoms with E-state index in [-0.39, 0.29) is 0 Å². The Morgan fingerprint density at radius 2 is 2.14 bits per heavy atom. The van der Waals surface area contributed by atoms with Gasteiger partial charge in [0.25, 0.3) is 0 Å². The van der Waals surface area contributed by atoms with E-state index < -0.39 is 0 Å². The lowest BCUT2D eigenvalue weighted by molar-refractivity contribution is 0.585. The standard InChI is InChI=1S/C22H26N6/c1-14-11-17-19(23-12-14)7-6-15(2)25-16(3)18-13-24-28-10-8-21(26-22(18)28)27-9-4-5-20(17)27/h8,10-13,15,20,25H,3-7,9H2,1-2H3. The van der Waals surface area contributed by atoms with Gasteiger partial charge in [-0.1, -0.05) is 12.6 Å². The molecule has 0 radical (unpaired) electrons. The fourth-order valence-corrected chi connectivity index (χ4v) is 4.51. The SMILES string of the molecule is C=C1NC(C)CCc2ncc(C)cc2C2CCCN2c2ccn3ncc1c3n2. The van der Waals surface area contributed by atoms with Gasteiger partial charge >= 0.3 is 0 Å². The van der Waals surface area contributed by atoms with E-state index in [1.807, 2.05) is 23.1 Å². The zero-order chi connectivity index (χ0) is 19.3. The molecule has 1 fully saturated rings. The molecule has 5 rings (SSSR count). The average Bonchev–Trinajstić information content (AvgIpc) is 3.32. The normalized spacial score (nSPS) is 22.2. The average molecular weight is 374 g/mol. The second-order valence-corrected chi connectivity index (χ2v) is 8.07. The first kappa shape index (κ1) is 17.2. The summed E-state index contributed by atoms with van der Waals surface area (Å²) in [6.07, 6.45) is 10.1. The molecule has 5 heterocycles. The predicted octanol–water partition coefficient (Wildman–Crippen LogP) is 3.67. The van der Waals surface area contributed by atoms with Gasteiger partial charge in [-0.2, -0.15) is 5.10 Å². The van der Waals surface area contributed by atoms with Crippen LogP contribution in [0.3, 0.4) is 0 Å². The molecule has 6 nitrogen and oxygen atoms in total. The summed E-state index contributed by atoms with van der Waals surface area (Å²) in [5.41, 5.74) is 6.49. The minimum absolute atomic E-state index is 0.294. The van der Waals surface area contributed by atoms with Crippen LogP contribution in [0.15, 0.2) is 37.3 Å². The maximum absolute atomic E-state index is 5.00. The van der Waals surface area contributed by atoms with Crippen LogP contribution in [0.5, 0.6) is 0 Å². The van der Waals surface area contributed by atoms with Crippen LogP contribution in [0, 0.1) is 6.92 Å². The van der Waals surface area contributed by atoms with Gasteiger partial charge < -0.3 is 10.2 Å². The molecule has 6 heteroatoms. The molecular formula is C22H26N6. The zero-order valence-corrected chi connectivity index (χ0v) is 16.5. The van der Waals surface area contributed by atoms with E-state index >= 15 is 0 Å². The van der Waals surface area contributed by atoms with E-state index in [1.54, 1.807) is 0 Å². The number of nitrogens with one attached hydrogen (secondary N) is 1. The van der Waals surface area contributed by atoms with E-state index in [9.17, 15) is 0 Å². The quantitative estimate of drug-likeness (QED) is 0.651. The largest absolute Gasteiger partial charge is 0.382 e. The van der Waals surface area contributed by atoms with Crippen molar-refractivity contribution in [3.05, 3.63) is 59.7 Å². The van der Waals surface area contributed by atoms with Crippen molar-refractivity contribution in [3.63, 3.8) is 0 Å². The maximum atomic E-state index is 5.00. The van der Waals surface area contributed by atoms with Crippen LogP contribution in [0.4, 0.5) is 5.82 Å². The molecule has 0 aromatic carbocycles. The van der Waals surface area contributed by atoms with Gasteiger partial charge in [-0.25, -0.2) is 9.50 Å². The molecular weight excluding hydrogens is 348 g/mol. The fourth-order valence-electron chi connectivity index (χ4n) is 4.51. The molecule has 3 aromatic rings. The zero-order valence-electron chi connectivity index (χ0n) is 16.5. The highest BCUT2D eigenvalue weighted by Gasteiger charge is 2.30. The maximum Gasteiger partial charge on any atom is 0.166 e. The molecule has 2 unspecified atom stereocenters.